The van der Waals surface area contributed by atoms with E-state index < -0.39 is 60.4 Å². The van der Waals surface area contributed by atoms with Crippen molar-refractivity contribution < 1.29 is 44.1 Å². The monoisotopic (exact) mass is 1170 g/mol. The van der Waals surface area contributed by atoms with Gasteiger partial charge in [-0.25, -0.2) is 4.98 Å². The van der Waals surface area contributed by atoms with Crippen LogP contribution in [0.15, 0.2) is 236 Å². The van der Waals surface area contributed by atoms with Crippen molar-refractivity contribution in [3.05, 3.63) is 261 Å². The minimum Gasteiger partial charge on any atom is -0.510 e. The van der Waals surface area contributed by atoms with Crippen LogP contribution in [0.4, 0.5) is 0 Å². The van der Waals surface area contributed by atoms with Gasteiger partial charge in [-0.1, -0.05) is 196 Å². The molecule has 10 aromatic carbocycles. The maximum atomic E-state index is 9.36. The summed E-state index contributed by atoms with van der Waals surface area (Å²) in [6.45, 7) is 6.52. The molecule has 0 bridgehead atoms. The van der Waals surface area contributed by atoms with E-state index in [9.17, 15) is 5.48 Å². The van der Waals surface area contributed by atoms with E-state index in [0.717, 1.165) is 77.7 Å². The summed E-state index contributed by atoms with van der Waals surface area (Å²) in [5, 5.41) is 2.00. The molecular weight excluding hydrogens is 1110 g/mol. The molecule has 1 aliphatic rings. The maximum Gasteiger partial charge on any atom is 0.268 e. The van der Waals surface area contributed by atoms with Gasteiger partial charge >= 0.3 is 0 Å². The van der Waals surface area contributed by atoms with E-state index in [1.54, 1.807) is 28.8 Å². The number of aromatic nitrogens is 4. The minimum atomic E-state index is -0.586. The largest absolute Gasteiger partial charge is 0.510 e. The summed E-state index contributed by atoms with van der Waals surface area (Å²) < 4.78 is 102. The third-order valence-electron chi connectivity index (χ3n) is 14.1. The average molecular weight is 1170 g/mol. The van der Waals surface area contributed by atoms with Crippen LogP contribution in [0.3, 0.4) is 0 Å². The van der Waals surface area contributed by atoms with Crippen molar-refractivity contribution >= 4 is 32.8 Å². The van der Waals surface area contributed by atoms with E-state index in [0.29, 0.717) is 28.2 Å². The second-order valence-electron chi connectivity index (χ2n) is 19.6. The van der Waals surface area contributed by atoms with Gasteiger partial charge in [0.25, 0.3) is 6.33 Å². The van der Waals surface area contributed by atoms with Gasteiger partial charge in [-0.3, -0.25) is 4.57 Å². The van der Waals surface area contributed by atoms with Gasteiger partial charge in [-0.05, 0) is 119 Å². The molecule has 0 aliphatic heterocycles. The van der Waals surface area contributed by atoms with E-state index in [2.05, 4.69) is 104 Å². The first-order valence-corrected chi connectivity index (χ1v) is 24.7. The molecule has 366 valence electrons. The summed E-state index contributed by atoms with van der Waals surface area (Å²) in [6, 6.07) is 57.2. The zero-order valence-corrected chi connectivity index (χ0v) is 43.5. The molecule has 0 saturated carbocycles. The zero-order valence-electron chi connectivity index (χ0n) is 51.3. The fourth-order valence-corrected chi connectivity index (χ4v) is 10.7. The Morgan fingerprint density at radius 1 is 0.500 bits per heavy atom. The van der Waals surface area contributed by atoms with Gasteiger partial charge in [-0.15, -0.1) is 29.7 Å². The molecule has 3 aromatic heterocycles. The summed E-state index contributed by atoms with van der Waals surface area (Å²) in [6.07, 6.45) is 5.45. The van der Waals surface area contributed by atoms with Crippen molar-refractivity contribution in [3.63, 3.8) is 0 Å². The standard InChI is InChI=1S/C70H48N4O.Pt/c1-70(2,3)48-38-39-71-68(40-48)74-64-35-17-16-32-60(64)61-37-36-51(42-65(61)74)75-50-25-18-24-49(41-50)72-45-73(69-52(46-20-6-4-7-21-46)33-19-34-53(69)47-22-8-5-9-23-47)67-44-63-59-31-15-13-29-57(59)55-27-11-10-26-54(55)56-28-12-14-30-58(56)62(63)43-66(67)72;/h4-40,43-44H,1-3H3;/q-2;/i4D,5D,6D,7D,8D,9D,20D,21D,22D,23D;. The van der Waals surface area contributed by atoms with Crippen molar-refractivity contribution in [2.24, 2.45) is 0 Å². The third-order valence-corrected chi connectivity index (χ3v) is 14.1. The first kappa shape index (κ1) is 36.9. The second kappa shape index (κ2) is 18.8. The van der Waals surface area contributed by atoms with Crippen molar-refractivity contribution in [3.8, 4) is 95.5 Å². The Bertz CT molecular complexity index is 4860. The number of ether oxygens (including phenoxy) is 1. The molecule has 0 unspecified atom stereocenters. The van der Waals surface area contributed by atoms with Crippen LogP contribution in [-0.4, -0.2) is 14.1 Å². The topological polar surface area (TPSA) is 35.9 Å². The number of nitrogens with zero attached hydrogens (tertiary/aromatic N) is 4. The molecule has 5 nitrogen and oxygen atoms in total. The van der Waals surface area contributed by atoms with E-state index >= 15 is 0 Å². The Morgan fingerprint density at radius 3 is 1.66 bits per heavy atom. The quantitative estimate of drug-likeness (QED) is 0.118. The summed E-state index contributed by atoms with van der Waals surface area (Å²) in [7, 11) is 0. The third kappa shape index (κ3) is 7.89. The van der Waals surface area contributed by atoms with E-state index in [1.807, 2.05) is 95.7 Å². The molecule has 13 aromatic rings. The molecule has 0 N–H and O–H groups in total. The molecule has 0 saturated heterocycles. The van der Waals surface area contributed by atoms with Gasteiger partial charge in [0.15, 0.2) is 0 Å². The summed E-state index contributed by atoms with van der Waals surface area (Å²) in [5.74, 6) is 1.50. The summed E-state index contributed by atoms with van der Waals surface area (Å²) in [5.41, 5.74) is 12.0. The second-order valence-corrected chi connectivity index (χ2v) is 19.6. The van der Waals surface area contributed by atoms with Crippen molar-refractivity contribution in [2.45, 2.75) is 26.2 Å². The van der Waals surface area contributed by atoms with E-state index in [-0.39, 0.29) is 54.4 Å². The van der Waals surface area contributed by atoms with Crippen LogP contribution < -0.4 is 9.30 Å². The SMILES string of the molecule is [2H]c1c([2H])c([2H])c(-c2cccc(-c3c([2H])c([2H])c([2H])c([2H])c3[2H])c2-[n+]2[c-]n(-c3[c-]c(Oc4[c-]c5c(cc4)c4ccccc4n5-c4cc(C(C)(C)C)ccn4)ccc3)c3cc4c(cc32)-c2ccccc2-c2ccccc2-c2ccccc2-4)c([2H])c1[2H].[Pt]. The van der Waals surface area contributed by atoms with Crippen LogP contribution in [0.5, 0.6) is 11.5 Å². The Kier molecular flexibility index (Phi) is 9.13. The molecule has 76 heavy (non-hydrogen) atoms. The first-order chi connectivity index (χ1) is 41.0. The Balaban J connectivity index is 0.00000686. The number of imidazole rings is 1. The number of pyridine rings is 1. The Labute approximate surface area is 470 Å². The summed E-state index contributed by atoms with van der Waals surface area (Å²) in [4.78, 5) is 4.86. The first-order valence-electron chi connectivity index (χ1n) is 29.7. The van der Waals surface area contributed by atoms with Crippen LogP contribution in [-0.2, 0) is 26.5 Å². The van der Waals surface area contributed by atoms with Crippen molar-refractivity contribution in [1.82, 2.24) is 14.1 Å². The Morgan fingerprint density at radius 2 is 1.04 bits per heavy atom. The maximum absolute atomic E-state index is 9.36. The van der Waals surface area contributed by atoms with Crippen LogP contribution in [0, 0.1) is 18.5 Å². The van der Waals surface area contributed by atoms with Gasteiger partial charge < -0.3 is 13.9 Å². The molecule has 0 radical (unpaired) electrons. The molecule has 3 heterocycles. The molecule has 1 aliphatic carbocycles. The van der Waals surface area contributed by atoms with Crippen LogP contribution >= 0.6 is 0 Å². The van der Waals surface area contributed by atoms with E-state index in [1.165, 1.54) is 0 Å². The number of hydrogen-bond donors (Lipinski definition) is 0. The van der Waals surface area contributed by atoms with Gasteiger partial charge in [0.05, 0.1) is 30.4 Å². The van der Waals surface area contributed by atoms with Gasteiger partial charge in [0, 0.05) is 44.3 Å². The van der Waals surface area contributed by atoms with Crippen molar-refractivity contribution in [2.75, 3.05) is 0 Å². The Hall–Kier alpha value is -8.89. The van der Waals surface area contributed by atoms with Crippen LogP contribution in [0.25, 0.3) is 117 Å². The van der Waals surface area contributed by atoms with Gasteiger partial charge in [-0.2, -0.15) is 18.2 Å². The fraction of sp³-hybridized carbons (Fsp3) is 0.0571. The molecule has 0 fully saturated rings. The van der Waals surface area contributed by atoms with Crippen molar-refractivity contribution in [1.29, 1.82) is 0 Å². The fourth-order valence-electron chi connectivity index (χ4n) is 10.7. The van der Waals surface area contributed by atoms with Gasteiger partial charge in [0.1, 0.15) is 5.82 Å². The normalized spacial score (nSPS) is 13.6. The molecule has 14 rings (SSSR count). The smallest absolute Gasteiger partial charge is 0.268 e. The number of hydrogen-bond acceptors (Lipinski definition) is 2. The molecule has 0 spiro atoms. The number of fused-ring (bicyclic) bond motifs is 12. The minimum absolute atomic E-state index is 0. The molecule has 0 atom stereocenters. The number of rotatable bonds is 7. The van der Waals surface area contributed by atoms with Gasteiger partial charge in [0.2, 0.25) is 0 Å². The number of para-hydroxylation sites is 2. The summed E-state index contributed by atoms with van der Waals surface area (Å²) >= 11 is 0. The average Bonchev–Trinajstić information content (AvgIpc) is 1.58. The predicted molar refractivity (Wildman–Crippen MR) is 305 cm³/mol. The molecule has 0 amide bonds. The van der Waals surface area contributed by atoms with E-state index in [4.69, 9.17) is 17.9 Å². The van der Waals surface area contributed by atoms with Crippen LogP contribution in [0.2, 0.25) is 0 Å². The van der Waals surface area contributed by atoms with Crippen LogP contribution in [0.1, 0.15) is 40.0 Å². The molecule has 6 heteroatoms. The number of benzene rings is 10. The predicted octanol–water partition coefficient (Wildman–Crippen LogP) is 17.2. The molecular formula is C70H48N4OPt-2. The zero-order chi connectivity index (χ0) is 58.9.